The van der Waals surface area contributed by atoms with E-state index in [1.165, 1.54) is 19.3 Å². The molecule has 6 rings (SSSR count). The zero-order valence-electron chi connectivity index (χ0n) is 15.5. The lowest BCUT2D eigenvalue weighted by molar-refractivity contribution is -0.134. The number of nitrogens with zero attached hydrogens (tertiary/aromatic N) is 4. The SMILES string of the molecule is O=C(C1[C@@H]2[C@H]3CC[C@H](C3)[C@H]12)N1CCC(c2nccn2Cc2cscn2)CC1. The van der Waals surface area contributed by atoms with Crippen LogP contribution in [-0.2, 0) is 11.3 Å². The Morgan fingerprint density at radius 3 is 2.59 bits per heavy atom. The smallest absolute Gasteiger partial charge is 0.226 e. The molecule has 1 aliphatic heterocycles. The molecule has 142 valence electrons. The number of piperidine rings is 1. The average Bonchev–Trinajstić information content (AvgIpc) is 3.24. The first-order chi connectivity index (χ1) is 13.3. The third kappa shape index (κ3) is 2.59. The van der Waals surface area contributed by atoms with Gasteiger partial charge < -0.3 is 9.47 Å². The first-order valence-corrected chi connectivity index (χ1v) is 11.4. The molecular formula is C21H26N4OS. The van der Waals surface area contributed by atoms with Gasteiger partial charge in [0.05, 0.1) is 17.7 Å². The molecule has 4 fully saturated rings. The van der Waals surface area contributed by atoms with E-state index >= 15 is 0 Å². The maximum atomic E-state index is 13.1. The second-order valence-electron chi connectivity index (χ2n) is 9.01. The number of amides is 1. The maximum Gasteiger partial charge on any atom is 0.226 e. The summed E-state index contributed by atoms with van der Waals surface area (Å²) in [5.74, 6) is 5.76. The summed E-state index contributed by atoms with van der Waals surface area (Å²) in [6, 6.07) is 0. The Kier molecular flexibility index (Phi) is 3.71. The fourth-order valence-corrected chi connectivity index (χ4v) is 7.08. The second-order valence-corrected chi connectivity index (χ2v) is 9.73. The molecule has 0 aromatic carbocycles. The number of carbonyl (C=O) groups excluding carboxylic acids is 1. The normalized spacial score (nSPS) is 34.8. The van der Waals surface area contributed by atoms with Crippen molar-refractivity contribution >= 4 is 17.2 Å². The van der Waals surface area contributed by atoms with Gasteiger partial charge in [0.2, 0.25) is 5.91 Å². The highest BCUT2D eigenvalue weighted by Crippen LogP contribution is 2.69. The van der Waals surface area contributed by atoms with Crippen molar-refractivity contribution in [3.05, 3.63) is 34.8 Å². The number of fused-ring (bicyclic) bond motifs is 5. The standard InChI is InChI=1S/C21H26N4OS/c26-21(19-17-14-1-2-15(9-14)18(17)19)24-6-3-13(4-7-24)20-22-5-8-25(20)10-16-11-27-12-23-16/h5,8,11-15,17-19H,1-4,6-7,9-10H2/t14-,15+,17+,18-,19?. The average molecular weight is 383 g/mol. The summed E-state index contributed by atoms with van der Waals surface area (Å²) in [5.41, 5.74) is 2.98. The molecule has 2 aromatic rings. The minimum Gasteiger partial charge on any atom is -0.342 e. The van der Waals surface area contributed by atoms with Crippen LogP contribution in [0.2, 0.25) is 0 Å². The molecule has 5 nitrogen and oxygen atoms in total. The van der Waals surface area contributed by atoms with Crippen LogP contribution in [0.5, 0.6) is 0 Å². The number of likely N-dealkylation sites (tertiary alicyclic amines) is 1. The van der Waals surface area contributed by atoms with Crippen LogP contribution in [0.15, 0.2) is 23.3 Å². The van der Waals surface area contributed by atoms with Gasteiger partial charge in [0.15, 0.2) is 0 Å². The predicted molar refractivity (Wildman–Crippen MR) is 103 cm³/mol. The highest BCUT2D eigenvalue weighted by atomic mass is 32.1. The largest absolute Gasteiger partial charge is 0.342 e. The van der Waals surface area contributed by atoms with Gasteiger partial charge in [-0.05, 0) is 55.8 Å². The van der Waals surface area contributed by atoms with E-state index < -0.39 is 0 Å². The van der Waals surface area contributed by atoms with E-state index in [1.54, 1.807) is 11.3 Å². The number of imidazole rings is 1. The summed E-state index contributed by atoms with van der Waals surface area (Å²) in [7, 11) is 0. The summed E-state index contributed by atoms with van der Waals surface area (Å²) >= 11 is 1.64. The van der Waals surface area contributed by atoms with Crippen LogP contribution in [0.1, 0.15) is 49.5 Å². The zero-order chi connectivity index (χ0) is 18.0. The van der Waals surface area contributed by atoms with E-state index in [0.717, 1.165) is 67.7 Å². The van der Waals surface area contributed by atoms with E-state index in [9.17, 15) is 4.79 Å². The molecule has 3 saturated carbocycles. The van der Waals surface area contributed by atoms with Gasteiger partial charge in [-0.3, -0.25) is 4.79 Å². The molecule has 0 N–H and O–H groups in total. The van der Waals surface area contributed by atoms with Gasteiger partial charge in [-0.25, -0.2) is 9.97 Å². The Bertz CT molecular complexity index is 822. The summed E-state index contributed by atoms with van der Waals surface area (Å²) in [5, 5.41) is 2.10. The van der Waals surface area contributed by atoms with Crippen LogP contribution in [0.25, 0.3) is 0 Å². The van der Waals surface area contributed by atoms with Crippen LogP contribution < -0.4 is 0 Å². The Morgan fingerprint density at radius 1 is 1.11 bits per heavy atom. The Balaban J connectivity index is 1.09. The Labute approximate surface area is 163 Å². The van der Waals surface area contributed by atoms with Gasteiger partial charge >= 0.3 is 0 Å². The van der Waals surface area contributed by atoms with Crippen molar-refractivity contribution in [3.63, 3.8) is 0 Å². The minimum absolute atomic E-state index is 0.388. The molecule has 4 aliphatic rings. The van der Waals surface area contributed by atoms with Crippen LogP contribution in [0.4, 0.5) is 0 Å². The minimum atomic E-state index is 0.388. The van der Waals surface area contributed by atoms with Crippen molar-refractivity contribution in [3.8, 4) is 0 Å². The molecule has 5 atom stereocenters. The van der Waals surface area contributed by atoms with E-state index in [-0.39, 0.29) is 0 Å². The van der Waals surface area contributed by atoms with Crippen molar-refractivity contribution in [2.75, 3.05) is 13.1 Å². The number of rotatable bonds is 4. The lowest BCUT2D eigenvalue weighted by atomic mass is 9.94. The molecule has 3 aliphatic carbocycles. The maximum absolute atomic E-state index is 13.1. The fraction of sp³-hybridized carbons (Fsp3) is 0.667. The Morgan fingerprint density at radius 2 is 1.89 bits per heavy atom. The highest BCUT2D eigenvalue weighted by molar-refractivity contribution is 7.07. The number of thiazole rings is 1. The van der Waals surface area contributed by atoms with Crippen LogP contribution in [0, 0.1) is 29.6 Å². The van der Waals surface area contributed by atoms with Crippen LogP contribution in [-0.4, -0.2) is 38.4 Å². The molecule has 3 heterocycles. The lowest BCUT2D eigenvalue weighted by Crippen LogP contribution is -2.40. The molecule has 27 heavy (non-hydrogen) atoms. The number of aromatic nitrogens is 3. The fourth-order valence-electron chi connectivity index (χ4n) is 6.53. The van der Waals surface area contributed by atoms with E-state index in [2.05, 4.69) is 31.0 Å². The molecule has 6 heteroatoms. The molecule has 2 aromatic heterocycles. The highest BCUT2D eigenvalue weighted by Gasteiger charge is 2.68. The Hall–Kier alpha value is -1.69. The molecule has 0 radical (unpaired) electrons. The molecule has 2 bridgehead atoms. The van der Waals surface area contributed by atoms with Crippen molar-refractivity contribution < 1.29 is 4.79 Å². The van der Waals surface area contributed by atoms with Gasteiger partial charge in [0, 0.05) is 42.7 Å². The number of hydrogen-bond acceptors (Lipinski definition) is 4. The van der Waals surface area contributed by atoms with Crippen molar-refractivity contribution in [1.82, 2.24) is 19.4 Å². The second kappa shape index (κ2) is 6.16. The van der Waals surface area contributed by atoms with Crippen LogP contribution >= 0.6 is 11.3 Å². The number of carbonyl (C=O) groups is 1. The number of hydrogen-bond donors (Lipinski definition) is 0. The van der Waals surface area contributed by atoms with Crippen molar-refractivity contribution in [2.45, 2.75) is 44.6 Å². The monoisotopic (exact) mass is 382 g/mol. The third-order valence-electron chi connectivity index (χ3n) is 7.76. The van der Waals surface area contributed by atoms with Crippen molar-refractivity contribution in [1.29, 1.82) is 0 Å². The summed E-state index contributed by atoms with van der Waals surface area (Å²) in [6.45, 7) is 2.60. The predicted octanol–water partition coefficient (Wildman–Crippen LogP) is 3.39. The van der Waals surface area contributed by atoms with Gasteiger partial charge in [0.1, 0.15) is 5.82 Å². The van der Waals surface area contributed by atoms with Gasteiger partial charge in [-0.1, -0.05) is 0 Å². The first-order valence-electron chi connectivity index (χ1n) is 10.5. The summed E-state index contributed by atoms with van der Waals surface area (Å²) in [4.78, 5) is 24.3. The van der Waals surface area contributed by atoms with E-state index in [0.29, 0.717) is 17.7 Å². The summed E-state index contributed by atoms with van der Waals surface area (Å²) < 4.78 is 2.24. The van der Waals surface area contributed by atoms with Crippen LogP contribution in [0.3, 0.4) is 0 Å². The topological polar surface area (TPSA) is 51.0 Å². The van der Waals surface area contributed by atoms with E-state index in [4.69, 9.17) is 0 Å². The third-order valence-corrected chi connectivity index (χ3v) is 8.39. The molecule has 1 saturated heterocycles. The summed E-state index contributed by atoms with van der Waals surface area (Å²) in [6.07, 6.45) is 10.2. The van der Waals surface area contributed by atoms with Crippen molar-refractivity contribution in [2.24, 2.45) is 29.6 Å². The van der Waals surface area contributed by atoms with Gasteiger partial charge in [-0.2, -0.15) is 0 Å². The zero-order valence-corrected chi connectivity index (χ0v) is 16.4. The molecular weight excluding hydrogens is 356 g/mol. The first kappa shape index (κ1) is 16.3. The molecule has 1 amide bonds. The van der Waals surface area contributed by atoms with Gasteiger partial charge in [0.25, 0.3) is 0 Å². The van der Waals surface area contributed by atoms with E-state index in [1.807, 2.05) is 11.7 Å². The lowest BCUT2D eigenvalue weighted by Gasteiger charge is -2.32. The quantitative estimate of drug-likeness (QED) is 0.814. The molecule has 1 unspecified atom stereocenters. The molecule has 0 spiro atoms. The van der Waals surface area contributed by atoms with Gasteiger partial charge in [-0.15, -0.1) is 11.3 Å².